The molecule has 0 aliphatic carbocycles. The molecule has 44 heavy (non-hydrogen) atoms. The average Bonchev–Trinajstić information content (AvgIpc) is 3.66. The normalized spacial score (nSPS) is 14.8. The molecular formula is C35H81ClF2O4S2. The van der Waals surface area contributed by atoms with Gasteiger partial charge in [-0.1, -0.05) is 45.9 Å². The molecule has 4 rings (SSSR count). The van der Waals surface area contributed by atoms with Crippen LogP contribution in [0.25, 0.3) is 22.3 Å². The van der Waals surface area contributed by atoms with Crippen LogP contribution in [0.4, 0.5) is 8.78 Å². The Hall–Kier alpha value is -3.20. The Kier molecular flexibility index (Phi) is 5.86. The second kappa shape index (κ2) is 16.8. The van der Waals surface area contributed by atoms with Crippen LogP contribution >= 0.6 is 35.1 Å². The summed E-state index contributed by atoms with van der Waals surface area (Å²) in [7, 11) is 4.46. The van der Waals surface area contributed by atoms with Crippen LogP contribution in [-0.4, -0.2) is 37.8 Å². The second-order valence-electron chi connectivity index (χ2n) is 10.2. The maximum Gasteiger partial charge on any atom is 0.337 e. The van der Waals surface area contributed by atoms with Crippen molar-refractivity contribution in [3.05, 3.63) is 95.6 Å². The molecule has 0 spiro atoms. The van der Waals surface area contributed by atoms with Crippen LogP contribution in [0.3, 0.4) is 0 Å². The zero-order valence-corrected chi connectivity index (χ0v) is 28.3. The minimum Gasteiger partial charge on any atom is -0.497 e. The molecule has 0 heterocycles. The number of methoxy groups -OCH3 is 3. The molecule has 0 aliphatic rings. The van der Waals surface area contributed by atoms with Crippen LogP contribution in [0.15, 0.2) is 82.6 Å². The highest BCUT2D eigenvalue weighted by molar-refractivity contribution is 8.00. The monoisotopic (exact) mass is 791 g/mol. The van der Waals surface area contributed by atoms with E-state index in [9.17, 15) is 13.6 Å². The van der Waals surface area contributed by atoms with E-state index in [1.165, 1.54) is 19.2 Å². The number of rotatable bonds is 10. The summed E-state index contributed by atoms with van der Waals surface area (Å²) >= 11 is 9.18. The van der Waals surface area contributed by atoms with E-state index in [2.05, 4.69) is 13.8 Å². The van der Waals surface area contributed by atoms with Crippen molar-refractivity contribution in [2.75, 3.05) is 21.3 Å². The highest BCUT2D eigenvalue weighted by Gasteiger charge is 2.17. The lowest BCUT2D eigenvalue weighted by Crippen LogP contribution is -2.02. The van der Waals surface area contributed by atoms with Gasteiger partial charge in [0.15, 0.2) is 0 Å². The summed E-state index contributed by atoms with van der Waals surface area (Å²) in [6, 6.07) is 20.4. The van der Waals surface area contributed by atoms with Crippen molar-refractivity contribution in [2.45, 2.75) is 53.9 Å². The Labute approximate surface area is 340 Å². The standard InChI is InChI=1S/C18H19FO3S.C17H18ClFOS.22H2/c1-11(2)23-17-9-12(18(20)22-4)5-7-14(17)15-10-13(21-3)6-8-16(15)19;1-11(2)21-17-8-12(10-18)4-6-14(17)15-9-13(20-3)5-7-16(15)19;;;;;;;;;;;;;;;;;;;;;;/h5-11H,1-4H3;4-9,11H,10H2,1-3H3;22*1H/i;;22*1+2T. The SMILES string of the molecule is COC(=O)c1ccc(-c2cc(OC)ccc2F)c(SC(C)C)c1.COc1ccc(F)c(-c2ccc(CCl)cc2SC(C)C)c1.[3H][3H].[3H][3H].[3H][3H].[3H][3H].[3H][3H].[3H][3H].[3H][3H].[3H][3H].[3H][3H].[3H][3H].[3H][3H].[3H][3H].[3H][3H].[3H][3H].[3H][3H].[3H][3H].[3H][3H].[3H][3H].[3H][3H].[3H][3H].[3H][3H].[3H][3H]. The van der Waals surface area contributed by atoms with Gasteiger partial charge in [-0.15, -0.1) is 35.1 Å². The summed E-state index contributed by atoms with van der Waals surface area (Å²) in [5.41, 5.74) is 4.09. The van der Waals surface area contributed by atoms with Crippen LogP contribution < -0.4 is 9.47 Å². The van der Waals surface area contributed by atoms with Gasteiger partial charge in [0.1, 0.15) is 23.1 Å². The van der Waals surface area contributed by atoms with Gasteiger partial charge in [0.25, 0.3) is 0 Å². The molecule has 9 heteroatoms. The van der Waals surface area contributed by atoms with Crippen molar-refractivity contribution in [1.82, 2.24) is 0 Å². The lowest BCUT2D eigenvalue weighted by Gasteiger charge is -2.14. The summed E-state index contributed by atoms with van der Waals surface area (Å²) in [6.07, 6.45) is 0. The minimum atomic E-state index is -0.409. The molecule has 0 bridgehead atoms. The largest absolute Gasteiger partial charge is 0.497 e. The minimum absolute atomic E-state index is 0.250. The summed E-state index contributed by atoms with van der Waals surface area (Å²) in [5.74, 6) is 0.690. The summed E-state index contributed by atoms with van der Waals surface area (Å²) in [5, 5.41) is 0.693. The van der Waals surface area contributed by atoms with Crippen molar-refractivity contribution < 1.29 is 93.1 Å². The zero-order chi connectivity index (χ0) is 76.4. The van der Waals surface area contributed by atoms with Gasteiger partial charge in [0, 0.05) is 103 Å². The molecule has 0 aliphatic heterocycles. The molecule has 0 N–H and O–H groups in total. The van der Waals surface area contributed by atoms with Gasteiger partial charge in [-0.2, -0.15) is 0 Å². The van der Waals surface area contributed by atoms with Crippen molar-refractivity contribution >= 4 is 41.1 Å². The third-order valence-electron chi connectivity index (χ3n) is 6.26. The number of halogens is 3. The van der Waals surface area contributed by atoms with Gasteiger partial charge in [-0.05, 0) is 71.3 Å². The summed E-state index contributed by atoms with van der Waals surface area (Å²) in [6.45, 7) is 8.32. The number of esters is 1. The molecule has 4 nitrogen and oxygen atoms in total. The fraction of sp³-hybridized carbons (Fsp3) is 0.286. The quantitative estimate of drug-likeness (QED) is 0.0905. The first-order valence-electron chi connectivity index (χ1n) is 35.9. The maximum absolute atomic E-state index is 14.3. The molecule has 0 atom stereocenters. The van der Waals surface area contributed by atoms with Crippen LogP contribution in [0.2, 0.25) is 0 Å². The van der Waals surface area contributed by atoms with Gasteiger partial charge in [-0.25, -0.2) is 13.6 Å². The van der Waals surface area contributed by atoms with Crippen molar-refractivity contribution in [3.8, 4) is 33.8 Å². The van der Waals surface area contributed by atoms with E-state index < -0.39 is 5.97 Å². The van der Waals surface area contributed by atoms with Crippen LogP contribution in [0.1, 0.15) is 109 Å². The van der Waals surface area contributed by atoms with Crippen molar-refractivity contribution in [3.63, 3.8) is 0 Å². The number of carbonyl (C=O) groups is 1. The van der Waals surface area contributed by atoms with Crippen molar-refractivity contribution in [2.24, 2.45) is 0 Å². The topological polar surface area (TPSA) is 44.8 Å². The smallest absolute Gasteiger partial charge is 0.337 e. The number of carbonyl (C=O) groups excluding carboxylic acids is 1. The predicted octanol–water partition coefficient (Wildman–Crippen LogP) is 15.9. The Bertz CT molecular complexity index is 1660. The average molecular weight is 792 g/mol. The van der Waals surface area contributed by atoms with Crippen LogP contribution in [0.5, 0.6) is 11.5 Å². The molecule has 0 saturated carbocycles. The van der Waals surface area contributed by atoms with Crippen LogP contribution in [0, 0.1) is 11.6 Å². The number of benzene rings is 4. The lowest BCUT2D eigenvalue weighted by molar-refractivity contribution is 0.0600. The fourth-order valence-electron chi connectivity index (χ4n) is 4.24. The van der Waals surface area contributed by atoms with Crippen LogP contribution in [-0.2, 0) is 10.6 Å². The van der Waals surface area contributed by atoms with Gasteiger partial charge in [0.05, 0.1) is 26.9 Å². The van der Waals surface area contributed by atoms with Gasteiger partial charge < -0.3 is 14.2 Å². The van der Waals surface area contributed by atoms with Gasteiger partial charge in [0.2, 0.25) is 0 Å². The van der Waals surface area contributed by atoms with E-state index in [-0.39, 0.29) is 16.9 Å². The molecule has 0 amide bonds. The zero-order valence-electron chi connectivity index (χ0n) is 69.9. The highest BCUT2D eigenvalue weighted by Crippen LogP contribution is 2.38. The van der Waals surface area contributed by atoms with E-state index in [1.54, 1.807) is 80.2 Å². The lowest BCUT2D eigenvalue weighted by atomic mass is 10.0. The first-order chi connectivity index (χ1) is 43.0. The van der Waals surface area contributed by atoms with E-state index in [1.807, 2.05) is 32.0 Å². The molecule has 278 valence electrons. The molecule has 0 radical (unpaired) electrons. The molecule has 0 aromatic heterocycles. The number of hydrogen-bond donors (Lipinski definition) is 0. The Morgan fingerprint density at radius 1 is 0.727 bits per heavy atom. The first-order valence-corrected chi connectivity index (χ1v) is 16.2. The number of hydrogen-bond acceptors (Lipinski definition) is 6. The maximum atomic E-state index is 14.3. The Balaban J connectivity index is -0.0000000360. The van der Waals surface area contributed by atoms with Gasteiger partial charge >= 0.3 is 5.97 Å². The highest BCUT2D eigenvalue weighted by atomic mass is 35.5. The third-order valence-corrected chi connectivity index (χ3v) is 8.69. The van der Waals surface area contributed by atoms with E-state index >= 15 is 0 Å². The molecule has 4 aromatic rings. The summed E-state index contributed by atoms with van der Waals surface area (Å²) in [4.78, 5) is 13.6. The molecular weight excluding hydrogens is 622 g/mol. The van der Waals surface area contributed by atoms with E-state index in [0.717, 1.165) is 26.5 Å². The van der Waals surface area contributed by atoms with E-state index in [4.69, 9.17) is 91.1 Å². The number of alkyl halides is 1. The summed E-state index contributed by atoms with van der Waals surface area (Å²) < 4.78 is 264. The first kappa shape index (κ1) is 15.4. The predicted molar refractivity (Wildman–Crippen MR) is 226 cm³/mol. The Morgan fingerprint density at radius 2 is 1.20 bits per heavy atom. The Morgan fingerprint density at radius 3 is 1.64 bits per heavy atom. The molecule has 0 unspecified atom stereocenters. The molecule has 4 aromatic carbocycles. The van der Waals surface area contributed by atoms with Gasteiger partial charge in [-0.3, -0.25) is 0 Å². The van der Waals surface area contributed by atoms with E-state index in [0.29, 0.717) is 39.3 Å². The second-order valence-corrected chi connectivity index (χ2v) is 13.7. The fourth-order valence-corrected chi connectivity index (χ4v) is 6.45. The molecule has 0 fully saturated rings. The number of ether oxygens (including phenoxy) is 3. The van der Waals surface area contributed by atoms with Crippen molar-refractivity contribution in [1.29, 1.82) is 0 Å². The number of thioether (sulfide) groups is 2. The third kappa shape index (κ3) is 9.40. The molecule has 0 saturated heterocycles.